The summed E-state index contributed by atoms with van der Waals surface area (Å²) in [4.78, 5) is 8.94. The quantitative estimate of drug-likeness (QED) is 0.597. The van der Waals surface area contributed by atoms with E-state index in [0.717, 1.165) is 39.6 Å². The summed E-state index contributed by atoms with van der Waals surface area (Å²) in [6, 6.07) is 5.66. The van der Waals surface area contributed by atoms with Crippen LogP contribution >= 0.6 is 0 Å². The average Bonchev–Trinajstić information content (AvgIpc) is 2.59. The summed E-state index contributed by atoms with van der Waals surface area (Å²) in [6.07, 6.45) is 1.75. The molecule has 0 N–H and O–H groups in total. The molecule has 0 saturated heterocycles. The molecule has 0 radical (unpaired) electrons. The predicted molar refractivity (Wildman–Crippen MR) is 103 cm³/mol. The van der Waals surface area contributed by atoms with Gasteiger partial charge in [-0.3, -0.25) is 9.19 Å². The Morgan fingerprint density at radius 2 is 1.88 bits per heavy atom. The highest BCUT2D eigenvalue weighted by atomic mass is 32.2. The van der Waals surface area contributed by atoms with Crippen LogP contribution in [0.2, 0.25) is 0 Å². The number of aryl methyl sites for hydroxylation is 2. The van der Waals surface area contributed by atoms with Gasteiger partial charge in [-0.05, 0) is 39.3 Å². The van der Waals surface area contributed by atoms with Crippen molar-refractivity contribution >= 4 is 21.5 Å². The maximum atomic E-state index is 12.7. The molecular formula is C19H24N2O3S. The Kier molecular flexibility index (Phi) is 6.31. The van der Waals surface area contributed by atoms with Crippen molar-refractivity contribution in [3.8, 4) is 11.5 Å². The molecule has 1 unspecified atom stereocenters. The number of hydrogen-bond acceptors (Lipinski definition) is 5. The van der Waals surface area contributed by atoms with E-state index in [0.29, 0.717) is 10.8 Å². The fourth-order valence-electron chi connectivity index (χ4n) is 2.50. The third-order valence-electron chi connectivity index (χ3n) is 4.04. The van der Waals surface area contributed by atoms with Gasteiger partial charge in [0.05, 0.1) is 42.2 Å². The SMILES string of the molecule is COc1ccc(C)c(N=C(C)S(=O)Cc2ncc(C)c(OC)c2C)c1. The molecule has 134 valence electrons. The van der Waals surface area contributed by atoms with Crippen LogP contribution in [0.15, 0.2) is 29.4 Å². The second kappa shape index (κ2) is 8.25. The molecule has 0 bridgehead atoms. The molecule has 5 nitrogen and oxygen atoms in total. The average molecular weight is 360 g/mol. The number of ether oxygens (including phenoxy) is 2. The van der Waals surface area contributed by atoms with Gasteiger partial charge in [0.1, 0.15) is 16.5 Å². The van der Waals surface area contributed by atoms with Crippen LogP contribution < -0.4 is 9.47 Å². The van der Waals surface area contributed by atoms with E-state index in [4.69, 9.17) is 9.47 Å². The normalized spacial score (nSPS) is 12.8. The molecule has 25 heavy (non-hydrogen) atoms. The first-order valence-electron chi connectivity index (χ1n) is 7.94. The van der Waals surface area contributed by atoms with Gasteiger partial charge in [0.2, 0.25) is 0 Å². The number of benzene rings is 1. The van der Waals surface area contributed by atoms with Gasteiger partial charge < -0.3 is 9.47 Å². The first kappa shape index (κ1) is 19.1. The van der Waals surface area contributed by atoms with Crippen LogP contribution in [0.1, 0.15) is 29.3 Å². The van der Waals surface area contributed by atoms with Gasteiger partial charge in [-0.15, -0.1) is 0 Å². The van der Waals surface area contributed by atoms with Gasteiger partial charge in [-0.1, -0.05) is 6.07 Å². The molecule has 0 aliphatic rings. The Morgan fingerprint density at radius 3 is 2.52 bits per heavy atom. The topological polar surface area (TPSA) is 60.8 Å². The zero-order chi connectivity index (χ0) is 18.6. The molecule has 0 spiro atoms. The van der Waals surface area contributed by atoms with Crippen LogP contribution in [-0.2, 0) is 16.6 Å². The Morgan fingerprint density at radius 1 is 1.16 bits per heavy atom. The molecule has 1 heterocycles. The summed E-state index contributed by atoms with van der Waals surface area (Å²) >= 11 is 0. The van der Waals surface area contributed by atoms with Gasteiger partial charge in [-0.25, -0.2) is 4.99 Å². The van der Waals surface area contributed by atoms with E-state index in [-0.39, 0.29) is 0 Å². The molecule has 1 aromatic heterocycles. The smallest absolute Gasteiger partial charge is 0.128 e. The fraction of sp³-hybridized carbons (Fsp3) is 0.368. The van der Waals surface area contributed by atoms with Crippen molar-refractivity contribution in [3.63, 3.8) is 0 Å². The van der Waals surface area contributed by atoms with Crippen LogP contribution in [0.5, 0.6) is 11.5 Å². The Balaban J connectivity index is 2.27. The van der Waals surface area contributed by atoms with E-state index in [1.165, 1.54) is 0 Å². The molecular weight excluding hydrogens is 336 g/mol. The Hall–Kier alpha value is -2.21. The second-order valence-electron chi connectivity index (χ2n) is 5.82. The molecule has 0 amide bonds. The summed E-state index contributed by atoms with van der Waals surface area (Å²) < 4.78 is 23.3. The molecule has 0 saturated carbocycles. The summed E-state index contributed by atoms with van der Waals surface area (Å²) in [5.41, 5.74) is 4.41. The highest BCUT2D eigenvalue weighted by Crippen LogP contribution is 2.27. The number of methoxy groups -OCH3 is 2. The lowest BCUT2D eigenvalue weighted by molar-refractivity contribution is 0.407. The van der Waals surface area contributed by atoms with Crippen molar-refractivity contribution in [2.45, 2.75) is 33.4 Å². The number of nitrogens with zero attached hydrogens (tertiary/aromatic N) is 2. The minimum atomic E-state index is -1.27. The number of rotatable bonds is 5. The maximum Gasteiger partial charge on any atom is 0.128 e. The number of hydrogen-bond donors (Lipinski definition) is 0. The van der Waals surface area contributed by atoms with E-state index in [9.17, 15) is 4.21 Å². The van der Waals surface area contributed by atoms with Crippen LogP contribution in [0, 0.1) is 20.8 Å². The minimum Gasteiger partial charge on any atom is -0.497 e. The molecule has 2 rings (SSSR count). The van der Waals surface area contributed by atoms with E-state index in [2.05, 4.69) is 9.98 Å². The zero-order valence-electron chi connectivity index (χ0n) is 15.5. The molecule has 0 aliphatic carbocycles. The van der Waals surface area contributed by atoms with E-state index < -0.39 is 10.8 Å². The Labute approximate surface area is 151 Å². The monoisotopic (exact) mass is 360 g/mol. The maximum absolute atomic E-state index is 12.7. The highest BCUT2D eigenvalue weighted by molar-refractivity contribution is 7.99. The lowest BCUT2D eigenvalue weighted by Gasteiger charge is -2.12. The largest absolute Gasteiger partial charge is 0.497 e. The summed E-state index contributed by atoms with van der Waals surface area (Å²) in [5, 5.41) is 0.553. The van der Waals surface area contributed by atoms with Crippen LogP contribution in [-0.4, -0.2) is 28.5 Å². The molecule has 2 aromatic rings. The molecule has 0 fully saturated rings. The molecule has 0 aliphatic heterocycles. The number of aromatic nitrogens is 1. The summed E-state index contributed by atoms with van der Waals surface area (Å²) in [7, 11) is 1.98. The second-order valence-corrected chi connectivity index (χ2v) is 7.39. The van der Waals surface area contributed by atoms with Crippen LogP contribution in [0.3, 0.4) is 0 Å². The van der Waals surface area contributed by atoms with E-state index in [1.807, 2.05) is 39.0 Å². The van der Waals surface area contributed by atoms with E-state index >= 15 is 0 Å². The summed E-state index contributed by atoms with van der Waals surface area (Å²) in [5.74, 6) is 1.82. The molecule has 1 atom stereocenters. The fourth-order valence-corrected chi connectivity index (χ4v) is 3.45. The van der Waals surface area contributed by atoms with Crippen molar-refractivity contribution in [1.82, 2.24) is 4.98 Å². The van der Waals surface area contributed by atoms with Crippen LogP contribution in [0.25, 0.3) is 0 Å². The first-order chi connectivity index (χ1) is 11.9. The predicted octanol–water partition coefficient (Wildman–Crippen LogP) is 4.02. The standard InChI is InChI=1S/C19H24N2O3S/c1-12-7-8-16(23-5)9-17(12)21-15(4)25(22)11-18-14(3)19(24-6)13(2)10-20-18/h7-10H,11H2,1-6H3. The van der Waals surface area contributed by atoms with Gasteiger partial charge >= 0.3 is 0 Å². The minimum absolute atomic E-state index is 0.306. The van der Waals surface area contributed by atoms with Gasteiger partial charge in [-0.2, -0.15) is 0 Å². The third-order valence-corrected chi connectivity index (χ3v) is 5.33. The van der Waals surface area contributed by atoms with Crippen molar-refractivity contribution in [2.24, 2.45) is 4.99 Å². The molecule has 1 aromatic carbocycles. The number of aliphatic imine (C=N–C) groups is 1. The third kappa shape index (κ3) is 4.45. The molecule has 6 heteroatoms. The van der Waals surface area contributed by atoms with Crippen LogP contribution in [0.4, 0.5) is 5.69 Å². The Bertz CT molecular complexity index is 832. The summed E-state index contributed by atoms with van der Waals surface area (Å²) in [6.45, 7) is 7.61. The van der Waals surface area contributed by atoms with Gasteiger partial charge in [0.15, 0.2) is 0 Å². The van der Waals surface area contributed by atoms with Crippen molar-refractivity contribution in [1.29, 1.82) is 0 Å². The van der Waals surface area contributed by atoms with Gasteiger partial charge in [0, 0.05) is 23.4 Å². The number of pyridine rings is 1. The highest BCUT2D eigenvalue weighted by Gasteiger charge is 2.14. The van der Waals surface area contributed by atoms with Crippen molar-refractivity contribution in [2.75, 3.05) is 14.2 Å². The van der Waals surface area contributed by atoms with E-state index in [1.54, 1.807) is 27.3 Å². The lowest BCUT2D eigenvalue weighted by Crippen LogP contribution is -2.09. The zero-order valence-corrected chi connectivity index (χ0v) is 16.4. The van der Waals surface area contributed by atoms with Crippen molar-refractivity contribution < 1.29 is 13.7 Å². The van der Waals surface area contributed by atoms with Gasteiger partial charge in [0.25, 0.3) is 0 Å². The lowest BCUT2D eigenvalue weighted by atomic mass is 10.1. The first-order valence-corrected chi connectivity index (χ1v) is 9.26. The van der Waals surface area contributed by atoms with Crippen molar-refractivity contribution in [3.05, 3.63) is 46.8 Å².